The van der Waals surface area contributed by atoms with Gasteiger partial charge in [-0.2, -0.15) is 5.10 Å². The number of rotatable bonds is 3. The fraction of sp³-hybridized carbons (Fsp3) is 0.412. The van der Waals surface area contributed by atoms with Crippen LogP contribution in [0.5, 0.6) is 0 Å². The maximum absolute atomic E-state index is 12.5. The number of pyridine rings is 1. The maximum atomic E-state index is 12.5. The van der Waals surface area contributed by atoms with Gasteiger partial charge in [-0.1, -0.05) is 6.07 Å². The highest BCUT2D eigenvalue weighted by atomic mass is 16.2. The highest BCUT2D eigenvalue weighted by Gasteiger charge is 2.27. The van der Waals surface area contributed by atoms with E-state index in [0.29, 0.717) is 12.4 Å². The predicted molar refractivity (Wildman–Crippen MR) is 89.3 cm³/mol. The number of amides is 1. The van der Waals surface area contributed by atoms with E-state index in [-0.39, 0.29) is 11.8 Å². The van der Waals surface area contributed by atoms with Crippen LogP contribution in [0.3, 0.4) is 0 Å². The van der Waals surface area contributed by atoms with Crippen molar-refractivity contribution in [3.8, 4) is 0 Å². The molecule has 0 aliphatic carbocycles. The minimum Gasteiger partial charge on any atom is -0.354 e. The van der Waals surface area contributed by atoms with Crippen LogP contribution in [0, 0.1) is 19.8 Å². The van der Waals surface area contributed by atoms with Crippen LogP contribution in [0.15, 0.2) is 30.3 Å². The first-order valence-corrected chi connectivity index (χ1v) is 7.91. The number of carbonyl (C=O) groups excluding carboxylic acids is 1. The summed E-state index contributed by atoms with van der Waals surface area (Å²) in [5, 5.41) is 11.2. The highest BCUT2D eigenvalue weighted by Crippen LogP contribution is 2.22. The molecule has 3 rings (SSSR count). The average Bonchev–Trinajstić information content (AvgIpc) is 2.56. The second kappa shape index (κ2) is 6.73. The Bertz CT molecular complexity index is 686. The summed E-state index contributed by atoms with van der Waals surface area (Å²) < 4.78 is 0. The number of hydrogen-bond acceptors (Lipinski definition) is 5. The molecule has 0 saturated carbocycles. The molecule has 2 aromatic heterocycles. The van der Waals surface area contributed by atoms with Gasteiger partial charge in [-0.05, 0) is 51.0 Å². The molecule has 1 aliphatic heterocycles. The molecule has 6 heteroatoms. The van der Waals surface area contributed by atoms with Crippen molar-refractivity contribution in [3.05, 3.63) is 41.7 Å². The molecule has 1 saturated heterocycles. The second-order valence-corrected chi connectivity index (χ2v) is 5.97. The third-order valence-corrected chi connectivity index (χ3v) is 4.04. The number of carbonyl (C=O) groups is 1. The van der Waals surface area contributed by atoms with E-state index in [2.05, 4.69) is 25.4 Å². The molecule has 1 unspecified atom stereocenters. The molecule has 6 nitrogen and oxygen atoms in total. The first-order valence-electron chi connectivity index (χ1n) is 7.91. The van der Waals surface area contributed by atoms with Crippen LogP contribution in [0.1, 0.15) is 24.2 Å². The molecule has 120 valence electrons. The van der Waals surface area contributed by atoms with E-state index in [4.69, 9.17) is 0 Å². The van der Waals surface area contributed by atoms with Crippen LogP contribution in [-0.4, -0.2) is 34.2 Å². The standard InChI is InChI=1S/C17H21N5O/c1-12-5-3-7-15(18-12)19-17(23)14-6-4-10-22(11-14)16-9-8-13(2)20-21-16/h3,5,7-9,14H,4,6,10-11H2,1-2H3,(H,18,19,23). The van der Waals surface area contributed by atoms with Gasteiger partial charge in [-0.3, -0.25) is 4.79 Å². The van der Waals surface area contributed by atoms with E-state index in [9.17, 15) is 4.79 Å². The molecular weight excluding hydrogens is 290 g/mol. The third-order valence-electron chi connectivity index (χ3n) is 4.04. The smallest absolute Gasteiger partial charge is 0.230 e. The molecule has 0 aromatic carbocycles. The Morgan fingerprint density at radius 3 is 2.78 bits per heavy atom. The summed E-state index contributed by atoms with van der Waals surface area (Å²) in [5.74, 6) is 1.41. The lowest BCUT2D eigenvalue weighted by Gasteiger charge is -2.32. The third kappa shape index (κ3) is 3.83. The SMILES string of the molecule is Cc1ccc(N2CCCC(C(=O)Nc3cccc(C)n3)C2)nn1. The maximum Gasteiger partial charge on any atom is 0.230 e. The van der Waals surface area contributed by atoms with Gasteiger partial charge in [0.1, 0.15) is 5.82 Å². The van der Waals surface area contributed by atoms with E-state index in [1.807, 2.05) is 44.2 Å². The number of aromatic nitrogens is 3. The van der Waals surface area contributed by atoms with Crippen LogP contribution in [0.25, 0.3) is 0 Å². The summed E-state index contributed by atoms with van der Waals surface area (Å²) >= 11 is 0. The van der Waals surface area contributed by atoms with Crippen molar-refractivity contribution in [3.63, 3.8) is 0 Å². The minimum atomic E-state index is -0.0610. The lowest BCUT2D eigenvalue weighted by atomic mass is 9.97. The molecule has 1 amide bonds. The molecule has 0 bridgehead atoms. The fourth-order valence-corrected chi connectivity index (χ4v) is 2.80. The van der Waals surface area contributed by atoms with E-state index in [0.717, 1.165) is 36.6 Å². The normalized spacial score (nSPS) is 17.8. The van der Waals surface area contributed by atoms with Gasteiger partial charge in [0.2, 0.25) is 5.91 Å². The monoisotopic (exact) mass is 311 g/mol. The molecule has 1 N–H and O–H groups in total. The zero-order valence-corrected chi connectivity index (χ0v) is 13.5. The topological polar surface area (TPSA) is 71.0 Å². The Labute approximate surface area is 136 Å². The summed E-state index contributed by atoms with van der Waals surface area (Å²) in [6, 6.07) is 9.53. The highest BCUT2D eigenvalue weighted by molar-refractivity contribution is 5.92. The molecule has 3 heterocycles. The summed E-state index contributed by atoms with van der Waals surface area (Å²) in [4.78, 5) is 19.0. The number of anilines is 2. The zero-order valence-electron chi connectivity index (χ0n) is 13.5. The Morgan fingerprint density at radius 2 is 2.04 bits per heavy atom. The molecule has 0 spiro atoms. The van der Waals surface area contributed by atoms with Gasteiger partial charge in [0.15, 0.2) is 5.82 Å². The Kier molecular flexibility index (Phi) is 4.50. The number of piperidine rings is 1. The summed E-state index contributed by atoms with van der Waals surface area (Å²) in [7, 11) is 0. The molecule has 0 radical (unpaired) electrons. The quantitative estimate of drug-likeness (QED) is 0.942. The Morgan fingerprint density at radius 1 is 1.17 bits per heavy atom. The molecule has 23 heavy (non-hydrogen) atoms. The van der Waals surface area contributed by atoms with Crippen LogP contribution in [0.4, 0.5) is 11.6 Å². The van der Waals surface area contributed by atoms with Crippen molar-refractivity contribution >= 4 is 17.5 Å². The van der Waals surface area contributed by atoms with Crippen LogP contribution < -0.4 is 10.2 Å². The summed E-state index contributed by atoms with van der Waals surface area (Å²) in [5.41, 5.74) is 1.79. The molecule has 2 aromatic rings. The van der Waals surface area contributed by atoms with Crippen molar-refractivity contribution in [1.29, 1.82) is 0 Å². The Hall–Kier alpha value is -2.50. The number of nitrogens with zero attached hydrogens (tertiary/aromatic N) is 4. The lowest BCUT2D eigenvalue weighted by Crippen LogP contribution is -2.41. The first kappa shape index (κ1) is 15.4. The van der Waals surface area contributed by atoms with Crippen molar-refractivity contribution in [2.24, 2.45) is 5.92 Å². The predicted octanol–water partition coefficient (Wildman–Crippen LogP) is 2.34. The summed E-state index contributed by atoms with van der Waals surface area (Å²) in [6.45, 7) is 5.39. The average molecular weight is 311 g/mol. The van der Waals surface area contributed by atoms with Gasteiger partial charge in [0, 0.05) is 18.8 Å². The van der Waals surface area contributed by atoms with Gasteiger partial charge in [-0.15, -0.1) is 5.10 Å². The van der Waals surface area contributed by atoms with E-state index < -0.39 is 0 Å². The zero-order chi connectivity index (χ0) is 16.2. The summed E-state index contributed by atoms with van der Waals surface area (Å²) in [6.07, 6.45) is 1.85. The Balaban J connectivity index is 1.65. The second-order valence-electron chi connectivity index (χ2n) is 5.97. The van der Waals surface area contributed by atoms with E-state index >= 15 is 0 Å². The van der Waals surface area contributed by atoms with Crippen molar-refractivity contribution in [1.82, 2.24) is 15.2 Å². The molecule has 1 aliphatic rings. The van der Waals surface area contributed by atoms with Gasteiger partial charge in [0.25, 0.3) is 0 Å². The molecule has 1 atom stereocenters. The van der Waals surface area contributed by atoms with Crippen molar-refractivity contribution in [2.45, 2.75) is 26.7 Å². The van der Waals surface area contributed by atoms with Gasteiger partial charge in [0.05, 0.1) is 11.6 Å². The van der Waals surface area contributed by atoms with Crippen LogP contribution in [-0.2, 0) is 4.79 Å². The molecular formula is C17H21N5O. The van der Waals surface area contributed by atoms with Gasteiger partial charge >= 0.3 is 0 Å². The van der Waals surface area contributed by atoms with Crippen LogP contribution >= 0.6 is 0 Å². The number of nitrogens with one attached hydrogen (secondary N) is 1. The lowest BCUT2D eigenvalue weighted by molar-refractivity contribution is -0.120. The van der Waals surface area contributed by atoms with E-state index in [1.54, 1.807) is 0 Å². The van der Waals surface area contributed by atoms with Gasteiger partial charge < -0.3 is 10.2 Å². The van der Waals surface area contributed by atoms with Crippen LogP contribution in [0.2, 0.25) is 0 Å². The van der Waals surface area contributed by atoms with Gasteiger partial charge in [-0.25, -0.2) is 4.98 Å². The van der Waals surface area contributed by atoms with E-state index in [1.165, 1.54) is 0 Å². The number of hydrogen-bond donors (Lipinski definition) is 1. The minimum absolute atomic E-state index is 0.0212. The van der Waals surface area contributed by atoms with Crippen molar-refractivity contribution < 1.29 is 4.79 Å². The molecule has 1 fully saturated rings. The largest absolute Gasteiger partial charge is 0.354 e. The van der Waals surface area contributed by atoms with Crippen molar-refractivity contribution in [2.75, 3.05) is 23.3 Å². The first-order chi connectivity index (χ1) is 11.1. The fourth-order valence-electron chi connectivity index (χ4n) is 2.80. The number of aryl methyl sites for hydroxylation is 2.